The van der Waals surface area contributed by atoms with Crippen LogP contribution in [0.2, 0.25) is 0 Å². The number of aromatic nitrogens is 2. The van der Waals surface area contributed by atoms with Crippen molar-refractivity contribution in [1.29, 1.82) is 0 Å². The maximum atomic E-state index is 14.1. The van der Waals surface area contributed by atoms with Crippen LogP contribution in [0.4, 0.5) is 4.39 Å². The molecular weight excluding hydrogens is 425 g/mol. The second kappa shape index (κ2) is 10.3. The lowest BCUT2D eigenvalue weighted by molar-refractivity contribution is -0.130. The predicted octanol–water partition coefficient (Wildman–Crippen LogP) is 2.17. The number of ether oxygens (including phenoxy) is 2. The van der Waals surface area contributed by atoms with Crippen LogP contribution < -0.4 is 0 Å². The van der Waals surface area contributed by atoms with Gasteiger partial charge < -0.3 is 18.9 Å². The van der Waals surface area contributed by atoms with Gasteiger partial charge in [-0.2, -0.15) is 0 Å². The van der Waals surface area contributed by atoms with Crippen molar-refractivity contribution in [2.75, 3.05) is 26.9 Å². The maximum Gasteiger partial charge on any atom is 0.228 e. The number of methoxy groups -OCH3 is 1. The first-order valence-electron chi connectivity index (χ1n) is 10.2. The minimum Gasteiger partial charge on any atom is -0.383 e. The Morgan fingerprint density at radius 2 is 2.16 bits per heavy atom. The second-order valence-electron chi connectivity index (χ2n) is 7.56. The molecule has 0 radical (unpaired) electrons. The van der Waals surface area contributed by atoms with Crippen LogP contribution in [0, 0.1) is 5.82 Å². The van der Waals surface area contributed by atoms with E-state index in [1.54, 1.807) is 22.6 Å². The molecular formula is C21H28FN3O5S. The van der Waals surface area contributed by atoms with E-state index in [0.29, 0.717) is 32.0 Å². The Hall–Kier alpha value is -2.30. The molecule has 1 unspecified atom stereocenters. The maximum absolute atomic E-state index is 14.1. The average molecular weight is 454 g/mol. The summed E-state index contributed by atoms with van der Waals surface area (Å²) in [6.45, 7) is 3.29. The first-order chi connectivity index (χ1) is 14.8. The first kappa shape index (κ1) is 23.4. The van der Waals surface area contributed by atoms with Crippen LogP contribution >= 0.6 is 0 Å². The minimum absolute atomic E-state index is 0.0844. The second-order valence-corrected chi connectivity index (χ2v) is 9.44. The number of rotatable bonds is 10. The lowest BCUT2D eigenvalue weighted by atomic mass is 10.2. The molecule has 1 aromatic heterocycles. The molecule has 1 amide bonds. The summed E-state index contributed by atoms with van der Waals surface area (Å²) in [5.41, 5.74) is 0.662. The van der Waals surface area contributed by atoms with E-state index in [4.69, 9.17) is 9.47 Å². The largest absolute Gasteiger partial charge is 0.383 e. The lowest BCUT2D eigenvalue weighted by Gasteiger charge is -2.23. The highest BCUT2D eigenvalue weighted by Crippen LogP contribution is 2.23. The van der Waals surface area contributed by atoms with Gasteiger partial charge in [0, 0.05) is 32.7 Å². The van der Waals surface area contributed by atoms with Crippen LogP contribution in [0.5, 0.6) is 0 Å². The normalized spacial score (nSPS) is 16.5. The fraction of sp³-hybridized carbons (Fsp3) is 0.524. The summed E-state index contributed by atoms with van der Waals surface area (Å²) in [7, 11) is -2.38. The van der Waals surface area contributed by atoms with Gasteiger partial charge in [-0.15, -0.1) is 0 Å². The number of nitrogens with zero attached hydrogens (tertiary/aromatic N) is 3. The third kappa shape index (κ3) is 5.90. The highest BCUT2D eigenvalue weighted by atomic mass is 32.2. The number of halogens is 1. The molecule has 0 spiro atoms. The van der Waals surface area contributed by atoms with E-state index in [2.05, 4.69) is 4.98 Å². The zero-order valence-electron chi connectivity index (χ0n) is 17.8. The lowest BCUT2D eigenvalue weighted by Crippen LogP contribution is -2.33. The highest BCUT2D eigenvalue weighted by molar-refractivity contribution is 7.90. The average Bonchev–Trinajstić information content (AvgIpc) is 3.37. The summed E-state index contributed by atoms with van der Waals surface area (Å²) in [6, 6.07) is 5.79. The van der Waals surface area contributed by atoms with E-state index in [9.17, 15) is 17.6 Å². The van der Waals surface area contributed by atoms with Crippen LogP contribution in [-0.2, 0) is 42.9 Å². The summed E-state index contributed by atoms with van der Waals surface area (Å²) in [6.07, 6.45) is 3.04. The van der Waals surface area contributed by atoms with E-state index in [1.807, 2.05) is 0 Å². The van der Waals surface area contributed by atoms with Crippen LogP contribution in [0.3, 0.4) is 0 Å². The fourth-order valence-electron chi connectivity index (χ4n) is 3.58. The van der Waals surface area contributed by atoms with Crippen molar-refractivity contribution in [3.8, 4) is 0 Å². The molecule has 1 aliphatic heterocycles. The van der Waals surface area contributed by atoms with Gasteiger partial charge in [-0.25, -0.2) is 17.8 Å². The Morgan fingerprint density at radius 3 is 2.81 bits per heavy atom. The SMILES string of the molecule is COCCN(Cc1cnc(S(=O)(=O)Cc2ccccc2F)n1CC1CCCO1)C(C)=O. The molecule has 2 heterocycles. The topological polar surface area (TPSA) is 90.7 Å². The molecule has 10 heteroatoms. The van der Waals surface area contributed by atoms with Gasteiger partial charge in [0.1, 0.15) is 5.82 Å². The highest BCUT2D eigenvalue weighted by Gasteiger charge is 2.28. The third-order valence-electron chi connectivity index (χ3n) is 5.26. The van der Waals surface area contributed by atoms with Gasteiger partial charge in [-0.3, -0.25) is 4.79 Å². The van der Waals surface area contributed by atoms with Gasteiger partial charge in [-0.1, -0.05) is 18.2 Å². The Kier molecular flexibility index (Phi) is 7.79. The zero-order valence-corrected chi connectivity index (χ0v) is 18.6. The molecule has 8 nitrogen and oxygen atoms in total. The molecule has 31 heavy (non-hydrogen) atoms. The number of benzene rings is 1. The molecule has 170 valence electrons. The van der Waals surface area contributed by atoms with Gasteiger partial charge in [0.2, 0.25) is 20.9 Å². The number of amides is 1. The number of hydrogen-bond acceptors (Lipinski definition) is 6. The van der Waals surface area contributed by atoms with Crippen molar-refractivity contribution in [3.63, 3.8) is 0 Å². The molecule has 0 saturated carbocycles. The van der Waals surface area contributed by atoms with Gasteiger partial charge >= 0.3 is 0 Å². The van der Waals surface area contributed by atoms with Gasteiger partial charge in [-0.05, 0) is 18.9 Å². The third-order valence-corrected chi connectivity index (χ3v) is 6.83. The molecule has 0 N–H and O–H groups in total. The minimum atomic E-state index is -3.93. The van der Waals surface area contributed by atoms with Gasteiger partial charge in [0.05, 0.1) is 43.4 Å². The summed E-state index contributed by atoms with van der Waals surface area (Å²) in [5.74, 6) is -1.23. The molecule has 0 bridgehead atoms. The van der Waals surface area contributed by atoms with Crippen LogP contribution in [0.25, 0.3) is 0 Å². The van der Waals surface area contributed by atoms with Crippen molar-refractivity contribution in [2.24, 2.45) is 0 Å². The van der Waals surface area contributed by atoms with Crippen LogP contribution in [0.15, 0.2) is 35.6 Å². The monoisotopic (exact) mass is 453 g/mol. The number of hydrogen-bond donors (Lipinski definition) is 0. The molecule has 1 aromatic carbocycles. The standard InChI is InChI=1S/C21H28FN3O5S/c1-16(26)24(9-11-29-2)13-18-12-23-21(25(18)14-19-7-5-10-30-19)31(27,28)15-17-6-3-4-8-20(17)22/h3-4,6,8,12,19H,5,7,9-11,13-15H2,1-2H3. The Balaban J connectivity index is 1.93. The summed E-state index contributed by atoms with van der Waals surface area (Å²) >= 11 is 0. The van der Waals surface area contributed by atoms with Crippen molar-refractivity contribution < 1.29 is 27.1 Å². The van der Waals surface area contributed by atoms with Gasteiger partial charge in [0.25, 0.3) is 0 Å². The summed E-state index contributed by atoms with van der Waals surface area (Å²) in [4.78, 5) is 17.8. The van der Waals surface area contributed by atoms with E-state index < -0.39 is 21.4 Å². The van der Waals surface area contributed by atoms with E-state index in [0.717, 1.165) is 12.8 Å². The smallest absolute Gasteiger partial charge is 0.228 e. The van der Waals surface area contributed by atoms with Crippen molar-refractivity contribution in [2.45, 2.75) is 49.9 Å². The Morgan fingerprint density at radius 1 is 1.39 bits per heavy atom. The molecule has 1 aliphatic rings. The van der Waals surface area contributed by atoms with E-state index in [1.165, 1.54) is 31.3 Å². The molecule has 1 fully saturated rings. The Bertz CT molecular complexity index is 1000. The zero-order chi connectivity index (χ0) is 22.4. The predicted molar refractivity (Wildman–Crippen MR) is 111 cm³/mol. The fourth-order valence-corrected chi connectivity index (χ4v) is 5.10. The van der Waals surface area contributed by atoms with Crippen LogP contribution in [0.1, 0.15) is 31.0 Å². The quantitative estimate of drug-likeness (QED) is 0.548. The molecule has 0 aliphatic carbocycles. The number of carbonyl (C=O) groups excluding carboxylic acids is 1. The summed E-state index contributed by atoms with van der Waals surface area (Å²) < 4.78 is 52.8. The number of carbonyl (C=O) groups is 1. The van der Waals surface area contributed by atoms with E-state index >= 15 is 0 Å². The molecule has 3 rings (SSSR count). The molecule has 1 atom stereocenters. The summed E-state index contributed by atoms with van der Waals surface area (Å²) in [5, 5.41) is -0.142. The Labute approximate surface area is 181 Å². The van der Waals surface area contributed by atoms with Crippen LogP contribution in [-0.4, -0.2) is 61.7 Å². The van der Waals surface area contributed by atoms with Crippen molar-refractivity contribution in [3.05, 3.63) is 47.5 Å². The van der Waals surface area contributed by atoms with E-state index in [-0.39, 0.29) is 29.3 Å². The van der Waals surface area contributed by atoms with Crippen molar-refractivity contribution in [1.82, 2.24) is 14.5 Å². The number of imidazole rings is 1. The molecule has 1 saturated heterocycles. The van der Waals surface area contributed by atoms with Gasteiger partial charge in [0.15, 0.2) is 0 Å². The number of sulfone groups is 1. The molecule has 2 aromatic rings. The van der Waals surface area contributed by atoms with Crippen molar-refractivity contribution >= 4 is 15.7 Å². The first-order valence-corrected chi connectivity index (χ1v) is 11.8.